The minimum atomic E-state index is -0.445. The maximum Gasteiger partial charge on any atom is 0.223 e. The summed E-state index contributed by atoms with van der Waals surface area (Å²) in [5.41, 5.74) is 5.62. The van der Waals surface area contributed by atoms with E-state index < -0.39 is 6.10 Å². The molecule has 17 heavy (non-hydrogen) atoms. The standard InChI is InChI=1S/C13H26N2O2/c1-9(2)12(16)8-15-13(17)11-5-3-10(7-14)4-6-11/h9-12,16H,3-8,14H2,1-2H3,(H,15,17). The van der Waals surface area contributed by atoms with Gasteiger partial charge >= 0.3 is 0 Å². The van der Waals surface area contributed by atoms with Crippen molar-refractivity contribution in [1.82, 2.24) is 5.32 Å². The lowest BCUT2D eigenvalue weighted by atomic mass is 9.81. The monoisotopic (exact) mass is 242 g/mol. The summed E-state index contributed by atoms with van der Waals surface area (Å²) in [6, 6.07) is 0. The molecule has 1 amide bonds. The first kappa shape index (κ1) is 14.5. The number of hydrogen-bond acceptors (Lipinski definition) is 3. The van der Waals surface area contributed by atoms with Crippen molar-refractivity contribution in [3.8, 4) is 0 Å². The average Bonchev–Trinajstić information content (AvgIpc) is 2.35. The fourth-order valence-electron chi connectivity index (χ4n) is 2.25. The summed E-state index contributed by atoms with van der Waals surface area (Å²) in [7, 11) is 0. The number of amides is 1. The van der Waals surface area contributed by atoms with Crippen LogP contribution in [0, 0.1) is 17.8 Å². The van der Waals surface area contributed by atoms with E-state index in [1.54, 1.807) is 0 Å². The van der Waals surface area contributed by atoms with E-state index in [-0.39, 0.29) is 17.7 Å². The number of carbonyl (C=O) groups excluding carboxylic acids is 1. The molecule has 0 aromatic rings. The fraction of sp³-hybridized carbons (Fsp3) is 0.923. The number of nitrogens with one attached hydrogen (secondary N) is 1. The van der Waals surface area contributed by atoms with E-state index >= 15 is 0 Å². The molecule has 0 heterocycles. The van der Waals surface area contributed by atoms with E-state index in [2.05, 4.69) is 5.32 Å². The van der Waals surface area contributed by atoms with Crippen LogP contribution in [0.3, 0.4) is 0 Å². The second kappa shape index (κ2) is 6.97. The zero-order chi connectivity index (χ0) is 12.8. The Kier molecular flexibility index (Phi) is 5.92. The molecule has 1 atom stereocenters. The summed E-state index contributed by atoms with van der Waals surface area (Å²) < 4.78 is 0. The van der Waals surface area contributed by atoms with E-state index in [9.17, 15) is 9.90 Å². The highest BCUT2D eigenvalue weighted by Gasteiger charge is 2.25. The molecule has 0 bridgehead atoms. The fourth-order valence-corrected chi connectivity index (χ4v) is 2.25. The maximum atomic E-state index is 11.9. The summed E-state index contributed by atoms with van der Waals surface area (Å²) in [5, 5.41) is 12.5. The Labute approximate surface area is 104 Å². The van der Waals surface area contributed by atoms with Crippen LogP contribution in [-0.4, -0.2) is 30.2 Å². The minimum Gasteiger partial charge on any atom is -0.391 e. The summed E-state index contributed by atoms with van der Waals surface area (Å²) in [6.07, 6.45) is 3.54. The van der Waals surface area contributed by atoms with E-state index in [4.69, 9.17) is 5.73 Å². The molecule has 0 radical (unpaired) electrons. The van der Waals surface area contributed by atoms with Crippen molar-refractivity contribution in [3.05, 3.63) is 0 Å². The second-order valence-corrected chi connectivity index (χ2v) is 5.51. The van der Waals surface area contributed by atoms with E-state index in [1.165, 1.54) is 0 Å². The zero-order valence-corrected chi connectivity index (χ0v) is 11.0. The van der Waals surface area contributed by atoms with Gasteiger partial charge in [0.1, 0.15) is 0 Å². The van der Waals surface area contributed by atoms with Gasteiger partial charge in [0.2, 0.25) is 5.91 Å². The Morgan fingerprint density at radius 2 is 1.94 bits per heavy atom. The Bertz CT molecular complexity index is 236. The van der Waals surface area contributed by atoms with E-state index in [1.807, 2.05) is 13.8 Å². The molecule has 0 aromatic carbocycles. The van der Waals surface area contributed by atoms with Gasteiger partial charge in [0.05, 0.1) is 6.10 Å². The quantitative estimate of drug-likeness (QED) is 0.670. The van der Waals surface area contributed by atoms with Crippen molar-refractivity contribution < 1.29 is 9.90 Å². The van der Waals surface area contributed by atoms with E-state index in [0.29, 0.717) is 12.5 Å². The van der Waals surface area contributed by atoms with Gasteiger partial charge in [-0.15, -0.1) is 0 Å². The SMILES string of the molecule is CC(C)C(O)CNC(=O)C1CCC(CN)CC1. The summed E-state index contributed by atoms with van der Waals surface area (Å²) in [6.45, 7) is 5.00. The van der Waals surface area contributed by atoms with Crippen molar-refractivity contribution in [1.29, 1.82) is 0 Å². The first-order valence-corrected chi connectivity index (χ1v) is 6.70. The van der Waals surface area contributed by atoms with Crippen molar-refractivity contribution in [3.63, 3.8) is 0 Å². The molecule has 0 spiro atoms. The Balaban J connectivity index is 2.25. The molecule has 1 fully saturated rings. The first-order valence-electron chi connectivity index (χ1n) is 6.70. The summed E-state index contributed by atoms with van der Waals surface area (Å²) >= 11 is 0. The molecule has 0 saturated heterocycles. The smallest absolute Gasteiger partial charge is 0.223 e. The van der Waals surface area contributed by atoms with Crippen LogP contribution >= 0.6 is 0 Å². The topological polar surface area (TPSA) is 75.3 Å². The highest BCUT2D eigenvalue weighted by Crippen LogP contribution is 2.28. The third-order valence-corrected chi connectivity index (χ3v) is 3.81. The molecule has 0 aromatic heterocycles. The normalized spacial score (nSPS) is 26.9. The third-order valence-electron chi connectivity index (χ3n) is 3.81. The predicted octanol–water partition coefficient (Wildman–Crippen LogP) is 0.885. The van der Waals surface area contributed by atoms with Crippen molar-refractivity contribution in [2.24, 2.45) is 23.5 Å². The van der Waals surface area contributed by atoms with Crippen molar-refractivity contribution in [2.45, 2.75) is 45.6 Å². The highest BCUT2D eigenvalue weighted by atomic mass is 16.3. The number of nitrogens with two attached hydrogens (primary N) is 1. The van der Waals surface area contributed by atoms with Gasteiger partial charge < -0.3 is 16.2 Å². The van der Waals surface area contributed by atoms with Crippen molar-refractivity contribution >= 4 is 5.91 Å². The number of carbonyl (C=O) groups is 1. The molecule has 0 aliphatic heterocycles. The Morgan fingerprint density at radius 1 is 1.35 bits per heavy atom. The van der Waals surface area contributed by atoms with Crippen LogP contribution in [0.5, 0.6) is 0 Å². The van der Waals surface area contributed by atoms with Crippen LogP contribution < -0.4 is 11.1 Å². The molecular formula is C13H26N2O2. The second-order valence-electron chi connectivity index (χ2n) is 5.51. The number of aliphatic hydroxyl groups is 1. The van der Waals surface area contributed by atoms with Crippen molar-refractivity contribution in [2.75, 3.05) is 13.1 Å². The van der Waals surface area contributed by atoms with Crippen LogP contribution in [0.4, 0.5) is 0 Å². The van der Waals surface area contributed by atoms with Gasteiger partial charge in [-0.1, -0.05) is 13.8 Å². The molecule has 4 N–H and O–H groups in total. The molecule has 1 saturated carbocycles. The lowest BCUT2D eigenvalue weighted by molar-refractivity contribution is -0.126. The van der Waals surface area contributed by atoms with Crippen LogP contribution in [0.1, 0.15) is 39.5 Å². The highest BCUT2D eigenvalue weighted by molar-refractivity contribution is 5.78. The van der Waals surface area contributed by atoms with Gasteiger partial charge in [0, 0.05) is 12.5 Å². The summed E-state index contributed by atoms with van der Waals surface area (Å²) in [5.74, 6) is 1.00. The van der Waals surface area contributed by atoms with Gasteiger partial charge in [0.15, 0.2) is 0 Å². The zero-order valence-electron chi connectivity index (χ0n) is 11.0. The molecule has 1 rings (SSSR count). The van der Waals surface area contributed by atoms with Gasteiger partial charge in [0.25, 0.3) is 0 Å². The molecule has 1 aliphatic carbocycles. The lowest BCUT2D eigenvalue weighted by Crippen LogP contribution is -2.39. The van der Waals surface area contributed by atoms with Gasteiger partial charge in [-0.05, 0) is 44.1 Å². The van der Waals surface area contributed by atoms with Gasteiger partial charge in [-0.2, -0.15) is 0 Å². The van der Waals surface area contributed by atoms with Gasteiger partial charge in [-0.3, -0.25) is 4.79 Å². The van der Waals surface area contributed by atoms with E-state index in [0.717, 1.165) is 32.2 Å². The molecule has 1 unspecified atom stereocenters. The number of rotatable bonds is 5. The Hall–Kier alpha value is -0.610. The largest absolute Gasteiger partial charge is 0.391 e. The molecule has 4 heteroatoms. The maximum absolute atomic E-state index is 11.9. The Morgan fingerprint density at radius 3 is 2.41 bits per heavy atom. The van der Waals surface area contributed by atoms with Crippen LogP contribution in [0.2, 0.25) is 0 Å². The lowest BCUT2D eigenvalue weighted by Gasteiger charge is -2.27. The molecule has 1 aliphatic rings. The first-order chi connectivity index (χ1) is 8.04. The average molecular weight is 242 g/mol. The third kappa shape index (κ3) is 4.64. The molecule has 100 valence electrons. The van der Waals surface area contributed by atoms with Crippen LogP contribution in [-0.2, 0) is 4.79 Å². The van der Waals surface area contributed by atoms with Crippen LogP contribution in [0.15, 0.2) is 0 Å². The number of aliphatic hydroxyl groups excluding tert-OH is 1. The summed E-state index contributed by atoms with van der Waals surface area (Å²) in [4.78, 5) is 11.9. The molecule has 4 nitrogen and oxygen atoms in total. The molecular weight excluding hydrogens is 216 g/mol. The number of hydrogen-bond donors (Lipinski definition) is 3. The van der Waals surface area contributed by atoms with Crippen LogP contribution in [0.25, 0.3) is 0 Å². The van der Waals surface area contributed by atoms with Gasteiger partial charge in [-0.25, -0.2) is 0 Å². The predicted molar refractivity (Wildman–Crippen MR) is 68.4 cm³/mol. The minimum absolute atomic E-state index is 0.0974.